The molecule has 2 atom stereocenters. The van der Waals surface area contributed by atoms with Gasteiger partial charge in [0.1, 0.15) is 5.75 Å². The SMILES string of the molecule is CCNC(=O)N1CC[C@@H](NCc2cc(-n3nnnc3C(F)(F)F)ccc2OC)[C@@H](c2ccccc2)C1. The molecule has 2 amide bonds. The second kappa shape index (κ2) is 10.9. The van der Waals surface area contributed by atoms with Gasteiger partial charge in [-0.05, 0) is 47.5 Å². The second-order valence-electron chi connectivity index (χ2n) is 8.48. The third-order valence-electron chi connectivity index (χ3n) is 6.24. The molecule has 192 valence electrons. The van der Waals surface area contributed by atoms with Gasteiger partial charge in [0.15, 0.2) is 0 Å². The normalized spacial score (nSPS) is 18.2. The van der Waals surface area contributed by atoms with Crippen LogP contribution >= 0.6 is 0 Å². The van der Waals surface area contributed by atoms with Crippen LogP contribution in [-0.4, -0.2) is 63.9 Å². The van der Waals surface area contributed by atoms with E-state index < -0.39 is 12.0 Å². The molecule has 2 N–H and O–H groups in total. The van der Waals surface area contributed by atoms with Gasteiger partial charge in [0, 0.05) is 43.7 Å². The van der Waals surface area contributed by atoms with Crippen molar-refractivity contribution in [3.05, 3.63) is 65.5 Å². The number of hydrogen-bond acceptors (Lipinski definition) is 6. The van der Waals surface area contributed by atoms with Crippen LogP contribution in [0.2, 0.25) is 0 Å². The number of hydrogen-bond donors (Lipinski definition) is 2. The number of rotatable bonds is 7. The third kappa shape index (κ3) is 5.59. The summed E-state index contributed by atoms with van der Waals surface area (Å²) in [5.74, 6) is -0.634. The summed E-state index contributed by atoms with van der Waals surface area (Å²) < 4.78 is 46.1. The number of amides is 2. The number of aromatic nitrogens is 4. The molecule has 2 heterocycles. The van der Waals surface area contributed by atoms with Crippen LogP contribution in [0, 0.1) is 0 Å². The molecule has 0 spiro atoms. The number of halogens is 3. The second-order valence-corrected chi connectivity index (χ2v) is 8.48. The Balaban J connectivity index is 1.56. The molecule has 1 aromatic heterocycles. The average molecular weight is 504 g/mol. The number of piperidine rings is 1. The van der Waals surface area contributed by atoms with E-state index in [1.54, 1.807) is 12.1 Å². The number of benzene rings is 2. The van der Waals surface area contributed by atoms with Crippen LogP contribution in [0.3, 0.4) is 0 Å². The molecule has 36 heavy (non-hydrogen) atoms. The minimum Gasteiger partial charge on any atom is -0.496 e. The smallest absolute Gasteiger partial charge is 0.453 e. The fourth-order valence-corrected chi connectivity index (χ4v) is 4.50. The maximum Gasteiger partial charge on any atom is 0.453 e. The molecule has 4 rings (SSSR count). The molecule has 1 fully saturated rings. The van der Waals surface area contributed by atoms with E-state index in [-0.39, 0.29) is 23.7 Å². The molecule has 9 nitrogen and oxygen atoms in total. The summed E-state index contributed by atoms with van der Waals surface area (Å²) in [5, 5.41) is 16.3. The van der Waals surface area contributed by atoms with Crippen molar-refractivity contribution >= 4 is 6.03 Å². The Morgan fingerprint density at radius 3 is 2.67 bits per heavy atom. The highest BCUT2D eigenvalue weighted by atomic mass is 19.4. The summed E-state index contributed by atoms with van der Waals surface area (Å²) in [6.45, 7) is 3.92. The van der Waals surface area contributed by atoms with Gasteiger partial charge in [-0.15, -0.1) is 5.10 Å². The lowest BCUT2D eigenvalue weighted by Gasteiger charge is -2.39. The Bertz CT molecular complexity index is 1170. The van der Waals surface area contributed by atoms with Gasteiger partial charge < -0.3 is 20.3 Å². The number of tetrazole rings is 1. The zero-order valence-electron chi connectivity index (χ0n) is 20.0. The number of alkyl halides is 3. The zero-order chi connectivity index (χ0) is 25.7. The van der Waals surface area contributed by atoms with Crippen LogP contribution in [0.25, 0.3) is 5.69 Å². The Kier molecular flexibility index (Phi) is 7.73. The number of likely N-dealkylation sites (tertiary alicyclic amines) is 1. The van der Waals surface area contributed by atoms with Crippen LogP contribution in [0.1, 0.15) is 36.2 Å². The average Bonchev–Trinajstić information content (AvgIpc) is 3.39. The Labute approximate surface area is 206 Å². The van der Waals surface area contributed by atoms with E-state index in [0.717, 1.165) is 5.56 Å². The summed E-state index contributed by atoms with van der Waals surface area (Å²) >= 11 is 0. The third-order valence-corrected chi connectivity index (χ3v) is 6.24. The van der Waals surface area contributed by atoms with Crippen molar-refractivity contribution in [2.45, 2.75) is 38.0 Å². The highest BCUT2D eigenvalue weighted by Crippen LogP contribution is 2.31. The minimum absolute atomic E-state index is 0.0326. The number of methoxy groups -OCH3 is 1. The maximum absolute atomic E-state index is 13.3. The van der Waals surface area contributed by atoms with Crippen molar-refractivity contribution in [1.29, 1.82) is 0 Å². The summed E-state index contributed by atoms with van der Waals surface area (Å²) in [6.07, 6.45) is -3.98. The fraction of sp³-hybridized carbons (Fsp3) is 0.417. The monoisotopic (exact) mass is 503 g/mol. The quantitative estimate of drug-likeness (QED) is 0.513. The molecule has 0 saturated carbocycles. The van der Waals surface area contributed by atoms with Crippen molar-refractivity contribution in [1.82, 2.24) is 35.7 Å². The number of urea groups is 1. The lowest BCUT2D eigenvalue weighted by Crippen LogP contribution is -2.52. The molecular formula is C24H28F3N7O2. The Hall–Kier alpha value is -3.67. The summed E-state index contributed by atoms with van der Waals surface area (Å²) in [4.78, 5) is 14.3. The number of nitrogens with zero attached hydrogens (tertiary/aromatic N) is 5. The highest BCUT2D eigenvalue weighted by Gasteiger charge is 2.38. The Morgan fingerprint density at radius 2 is 1.97 bits per heavy atom. The molecule has 0 bridgehead atoms. The first kappa shape index (κ1) is 25.4. The molecule has 3 aromatic rings. The molecule has 0 radical (unpaired) electrons. The first-order chi connectivity index (χ1) is 17.3. The van der Waals surface area contributed by atoms with E-state index in [9.17, 15) is 18.0 Å². The predicted octanol–water partition coefficient (Wildman–Crippen LogP) is 3.37. The van der Waals surface area contributed by atoms with Crippen molar-refractivity contribution < 1.29 is 22.7 Å². The molecular weight excluding hydrogens is 475 g/mol. The number of carbonyl (C=O) groups excluding carboxylic acids is 1. The highest BCUT2D eigenvalue weighted by molar-refractivity contribution is 5.74. The van der Waals surface area contributed by atoms with Gasteiger partial charge in [-0.2, -0.15) is 17.9 Å². The van der Waals surface area contributed by atoms with Gasteiger partial charge in [0.05, 0.1) is 12.8 Å². The van der Waals surface area contributed by atoms with E-state index in [1.165, 1.54) is 13.2 Å². The van der Waals surface area contributed by atoms with Gasteiger partial charge >= 0.3 is 12.2 Å². The van der Waals surface area contributed by atoms with Crippen LogP contribution < -0.4 is 15.4 Å². The van der Waals surface area contributed by atoms with E-state index in [4.69, 9.17) is 4.74 Å². The molecule has 12 heteroatoms. The van der Waals surface area contributed by atoms with Crippen LogP contribution in [0.5, 0.6) is 5.75 Å². The minimum atomic E-state index is -4.69. The van der Waals surface area contributed by atoms with Crippen LogP contribution in [-0.2, 0) is 12.7 Å². The maximum atomic E-state index is 13.3. The molecule has 1 aliphatic heterocycles. The lowest BCUT2D eigenvalue weighted by molar-refractivity contribution is -0.146. The van der Waals surface area contributed by atoms with Gasteiger partial charge in [-0.3, -0.25) is 0 Å². The largest absolute Gasteiger partial charge is 0.496 e. The summed E-state index contributed by atoms with van der Waals surface area (Å²) in [5.41, 5.74) is 1.94. The molecule has 1 aliphatic rings. The molecule has 0 aliphatic carbocycles. The molecule has 0 unspecified atom stereocenters. The zero-order valence-corrected chi connectivity index (χ0v) is 20.0. The van der Waals surface area contributed by atoms with E-state index in [1.807, 2.05) is 42.2 Å². The summed E-state index contributed by atoms with van der Waals surface area (Å²) in [7, 11) is 1.51. The van der Waals surface area contributed by atoms with Crippen molar-refractivity contribution in [3.8, 4) is 11.4 Å². The molecule has 1 saturated heterocycles. The lowest BCUT2D eigenvalue weighted by atomic mass is 9.86. The van der Waals surface area contributed by atoms with Crippen LogP contribution in [0.15, 0.2) is 48.5 Å². The number of carbonyl (C=O) groups is 1. The Morgan fingerprint density at radius 1 is 1.19 bits per heavy atom. The van der Waals surface area contributed by atoms with Gasteiger partial charge in [0.2, 0.25) is 0 Å². The first-order valence-electron chi connectivity index (χ1n) is 11.7. The van der Waals surface area contributed by atoms with Crippen LogP contribution in [0.4, 0.5) is 18.0 Å². The topological polar surface area (TPSA) is 97.2 Å². The predicted molar refractivity (Wildman–Crippen MR) is 126 cm³/mol. The van der Waals surface area contributed by atoms with E-state index >= 15 is 0 Å². The van der Waals surface area contributed by atoms with E-state index in [2.05, 4.69) is 26.2 Å². The van der Waals surface area contributed by atoms with Crippen molar-refractivity contribution in [3.63, 3.8) is 0 Å². The fourth-order valence-electron chi connectivity index (χ4n) is 4.50. The van der Waals surface area contributed by atoms with Crippen molar-refractivity contribution in [2.24, 2.45) is 0 Å². The number of nitrogens with one attached hydrogen (secondary N) is 2. The first-order valence-corrected chi connectivity index (χ1v) is 11.7. The summed E-state index contributed by atoms with van der Waals surface area (Å²) in [6, 6.07) is 14.6. The van der Waals surface area contributed by atoms with Crippen molar-refractivity contribution in [2.75, 3.05) is 26.7 Å². The van der Waals surface area contributed by atoms with Gasteiger partial charge in [-0.25, -0.2) is 4.79 Å². The van der Waals surface area contributed by atoms with Gasteiger partial charge in [0.25, 0.3) is 5.82 Å². The standard InChI is InChI=1S/C24H28F3N7O2/c1-3-28-23(35)33-12-11-20(19(15-33)16-7-5-4-6-8-16)29-14-17-13-18(9-10-21(17)36-2)34-22(24(25,26)27)30-31-32-34/h4-10,13,19-20,29H,3,11-12,14-15H2,1-2H3,(H,28,35)/t19-,20-/m1/s1. The molecule has 2 aromatic carbocycles. The van der Waals surface area contributed by atoms with Gasteiger partial charge in [-0.1, -0.05) is 30.3 Å². The van der Waals surface area contributed by atoms with E-state index in [0.29, 0.717) is 48.6 Å². The number of ether oxygens (including phenoxy) is 1.